The lowest BCUT2D eigenvalue weighted by atomic mass is 9.82. The molecule has 2 heteroatoms. The third-order valence-electron chi connectivity index (χ3n) is 3.52. The van der Waals surface area contributed by atoms with E-state index in [1.807, 2.05) is 0 Å². The zero-order valence-corrected chi connectivity index (χ0v) is 11.4. The molecule has 1 unspecified atom stereocenters. The minimum atomic E-state index is 0.719. The van der Waals surface area contributed by atoms with E-state index in [4.69, 9.17) is 0 Å². The van der Waals surface area contributed by atoms with Crippen LogP contribution in [0.4, 0.5) is 0 Å². The average molecular weight is 315 g/mol. The average Bonchev–Trinajstić information content (AvgIpc) is 2.30. The molecule has 0 aromatic heterocycles. The van der Waals surface area contributed by atoms with Gasteiger partial charge in [-0.05, 0) is 30.2 Å². The summed E-state index contributed by atoms with van der Waals surface area (Å²) in [6.45, 7) is 4.88. The molecule has 2 rings (SSSR count). The van der Waals surface area contributed by atoms with Crippen molar-refractivity contribution in [2.45, 2.75) is 25.7 Å². The van der Waals surface area contributed by atoms with Gasteiger partial charge in [-0.1, -0.05) is 37.3 Å². The molecule has 1 aromatic carbocycles. The van der Waals surface area contributed by atoms with Crippen LogP contribution in [0.15, 0.2) is 30.3 Å². The van der Waals surface area contributed by atoms with E-state index in [1.165, 1.54) is 31.5 Å². The number of benzene rings is 1. The van der Waals surface area contributed by atoms with Crippen molar-refractivity contribution in [1.29, 1.82) is 0 Å². The molecule has 1 atom stereocenters. The first-order chi connectivity index (χ1) is 7.27. The Hall–Kier alpha value is -0.0900. The highest BCUT2D eigenvalue weighted by Crippen LogP contribution is 2.32. The zero-order valence-electron chi connectivity index (χ0n) is 9.20. The molecule has 1 aliphatic rings. The van der Waals surface area contributed by atoms with Gasteiger partial charge in [-0.3, -0.25) is 0 Å². The van der Waals surface area contributed by atoms with Gasteiger partial charge in [0.2, 0.25) is 0 Å². The predicted octanol–water partition coefficient (Wildman–Crippen LogP) is 3.85. The highest BCUT2D eigenvalue weighted by atomic mass is 127. The van der Waals surface area contributed by atoms with Crippen LogP contribution in [0.3, 0.4) is 0 Å². The SMILES string of the molecule is CC(c1ccccc1)C1CCN(I)CC1. The van der Waals surface area contributed by atoms with Gasteiger partial charge in [0.05, 0.1) is 0 Å². The van der Waals surface area contributed by atoms with Crippen molar-refractivity contribution in [3.8, 4) is 0 Å². The Kier molecular flexibility index (Phi) is 4.03. The Bertz CT molecular complexity index is 291. The number of nitrogens with zero attached hydrogens (tertiary/aromatic N) is 1. The van der Waals surface area contributed by atoms with E-state index in [0.29, 0.717) is 0 Å². The van der Waals surface area contributed by atoms with Gasteiger partial charge < -0.3 is 0 Å². The second kappa shape index (κ2) is 5.30. The summed E-state index contributed by atoms with van der Waals surface area (Å²) in [5, 5.41) is 0. The molecule has 1 aromatic rings. The summed E-state index contributed by atoms with van der Waals surface area (Å²) in [7, 11) is 0. The lowest BCUT2D eigenvalue weighted by Gasteiger charge is -2.31. The van der Waals surface area contributed by atoms with Gasteiger partial charge in [-0.25, -0.2) is 3.11 Å². The van der Waals surface area contributed by atoms with Gasteiger partial charge in [0.15, 0.2) is 0 Å². The Morgan fingerprint density at radius 3 is 2.40 bits per heavy atom. The van der Waals surface area contributed by atoms with Crippen molar-refractivity contribution in [2.24, 2.45) is 5.92 Å². The van der Waals surface area contributed by atoms with Crippen LogP contribution in [0.25, 0.3) is 0 Å². The minimum absolute atomic E-state index is 0.719. The lowest BCUT2D eigenvalue weighted by molar-refractivity contribution is 0.278. The first-order valence-electron chi connectivity index (χ1n) is 5.73. The summed E-state index contributed by atoms with van der Waals surface area (Å²) in [6.07, 6.45) is 2.69. The van der Waals surface area contributed by atoms with Crippen LogP contribution >= 0.6 is 22.9 Å². The molecule has 0 saturated carbocycles. The smallest absolute Gasteiger partial charge is 0.0201 e. The molecule has 1 fully saturated rings. The fourth-order valence-electron chi connectivity index (χ4n) is 2.40. The van der Waals surface area contributed by atoms with Crippen molar-refractivity contribution >= 4 is 22.9 Å². The number of piperidine rings is 1. The minimum Gasteiger partial charge on any atom is -0.248 e. The molecule has 1 nitrogen and oxygen atoms in total. The molecule has 15 heavy (non-hydrogen) atoms. The van der Waals surface area contributed by atoms with E-state index in [1.54, 1.807) is 0 Å². The summed E-state index contributed by atoms with van der Waals surface area (Å²) in [6, 6.07) is 10.9. The lowest BCUT2D eigenvalue weighted by Crippen LogP contribution is -2.28. The maximum absolute atomic E-state index is 2.44. The third-order valence-corrected chi connectivity index (χ3v) is 4.48. The maximum Gasteiger partial charge on any atom is 0.0201 e. The topological polar surface area (TPSA) is 3.24 Å². The van der Waals surface area contributed by atoms with Crippen molar-refractivity contribution in [1.82, 2.24) is 3.11 Å². The number of hydrogen-bond acceptors (Lipinski definition) is 1. The quantitative estimate of drug-likeness (QED) is 0.592. The Morgan fingerprint density at radius 2 is 1.80 bits per heavy atom. The van der Waals surface area contributed by atoms with Crippen molar-refractivity contribution in [3.05, 3.63) is 35.9 Å². The van der Waals surface area contributed by atoms with Gasteiger partial charge in [0, 0.05) is 36.0 Å². The molecule has 0 aliphatic carbocycles. The van der Waals surface area contributed by atoms with Gasteiger partial charge in [-0.15, -0.1) is 0 Å². The van der Waals surface area contributed by atoms with Crippen molar-refractivity contribution < 1.29 is 0 Å². The second-order valence-corrected chi connectivity index (χ2v) is 5.81. The normalized spacial score (nSPS) is 21.5. The molecule has 0 radical (unpaired) electrons. The summed E-state index contributed by atoms with van der Waals surface area (Å²) in [4.78, 5) is 0. The van der Waals surface area contributed by atoms with Gasteiger partial charge in [-0.2, -0.15) is 0 Å². The summed E-state index contributed by atoms with van der Waals surface area (Å²) < 4.78 is 2.41. The zero-order chi connectivity index (χ0) is 10.7. The van der Waals surface area contributed by atoms with Crippen LogP contribution in [-0.2, 0) is 0 Å². The molecule has 0 spiro atoms. The molecule has 0 N–H and O–H groups in total. The maximum atomic E-state index is 2.44. The Balaban J connectivity index is 1.99. The van der Waals surface area contributed by atoms with Crippen LogP contribution in [0, 0.1) is 5.92 Å². The van der Waals surface area contributed by atoms with E-state index in [9.17, 15) is 0 Å². The molecule has 1 saturated heterocycles. The van der Waals surface area contributed by atoms with Crippen LogP contribution in [0.1, 0.15) is 31.2 Å². The van der Waals surface area contributed by atoms with Gasteiger partial charge in [0.1, 0.15) is 0 Å². The number of rotatable bonds is 2. The molecule has 1 heterocycles. The molecule has 0 bridgehead atoms. The van der Waals surface area contributed by atoms with Gasteiger partial charge in [0.25, 0.3) is 0 Å². The van der Waals surface area contributed by atoms with E-state index in [-0.39, 0.29) is 0 Å². The molecular formula is C13H18IN. The fraction of sp³-hybridized carbons (Fsp3) is 0.538. The largest absolute Gasteiger partial charge is 0.248 e. The van der Waals surface area contributed by atoms with E-state index >= 15 is 0 Å². The predicted molar refractivity (Wildman–Crippen MR) is 73.2 cm³/mol. The fourth-order valence-corrected chi connectivity index (χ4v) is 2.95. The summed E-state index contributed by atoms with van der Waals surface area (Å²) in [5.74, 6) is 1.59. The van der Waals surface area contributed by atoms with Crippen LogP contribution in [-0.4, -0.2) is 16.2 Å². The van der Waals surface area contributed by atoms with Gasteiger partial charge >= 0.3 is 0 Å². The third kappa shape index (κ3) is 2.94. The molecular weight excluding hydrogens is 297 g/mol. The Labute approximate surface area is 106 Å². The summed E-state index contributed by atoms with van der Waals surface area (Å²) >= 11 is 2.44. The van der Waals surface area contributed by atoms with Crippen molar-refractivity contribution in [2.75, 3.05) is 13.1 Å². The number of hydrogen-bond donors (Lipinski definition) is 0. The highest BCUT2D eigenvalue weighted by Gasteiger charge is 2.23. The van der Waals surface area contributed by atoms with Crippen LogP contribution < -0.4 is 0 Å². The molecule has 0 amide bonds. The van der Waals surface area contributed by atoms with Crippen LogP contribution in [0.5, 0.6) is 0 Å². The first-order valence-corrected chi connectivity index (χ1v) is 6.69. The number of halogens is 1. The first kappa shape index (κ1) is 11.4. The summed E-state index contributed by atoms with van der Waals surface area (Å²) in [5.41, 5.74) is 1.50. The monoisotopic (exact) mass is 315 g/mol. The second-order valence-electron chi connectivity index (χ2n) is 4.45. The van der Waals surface area contributed by atoms with E-state index < -0.39 is 0 Å². The van der Waals surface area contributed by atoms with E-state index in [0.717, 1.165) is 11.8 Å². The molecule has 1 aliphatic heterocycles. The van der Waals surface area contributed by atoms with Crippen molar-refractivity contribution in [3.63, 3.8) is 0 Å². The highest BCUT2D eigenvalue weighted by molar-refractivity contribution is 14.1. The standard InChI is InChI=1S/C13H18IN/c1-11(12-5-3-2-4-6-12)13-7-9-15(14)10-8-13/h2-6,11,13H,7-10H2,1H3. The molecule has 82 valence electrons. The van der Waals surface area contributed by atoms with Crippen LogP contribution in [0.2, 0.25) is 0 Å². The van der Waals surface area contributed by atoms with E-state index in [2.05, 4.69) is 63.2 Å². The Morgan fingerprint density at radius 1 is 1.20 bits per heavy atom.